The molecule has 73 heavy (non-hydrogen) atoms. The number of H-pyrrole nitrogens is 1. The van der Waals surface area contributed by atoms with Crippen LogP contribution < -0.4 is 32.8 Å². The molecule has 1 aromatic heterocycles. The average molecular weight is 1090 g/mol. The zero-order valence-electron chi connectivity index (χ0n) is 33.0. The average Bonchev–Trinajstić information content (AvgIpc) is 3.97. The van der Waals surface area contributed by atoms with Crippen molar-refractivity contribution in [2.24, 2.45) is 0 Å². The van der Waals surface area contributed by atoms with Gasteiger partial charge in [0.1, 0.15) is 0 Å². The summed E-state index contributed by atoms with van der Waals surface area (Å²) in [7, 11) is 0. The molecule has 0 amide bonds. The Kier molecular flexibility index (Phi) is 16.2. The maximum Gasteiger partial charge on any atom is 0.265 e. The van der Waals surface area contributed by atoms with Gasteiger partial charge in [0, 0.05) is 32.8 Å². The van der Waals surface area contributed by atoms with E-state index in [1.165, 1.54) is 0 Å². The van der Waals surface area contributed by atoms with Gasteiger partial charge in [-0.15, -0.1) is 0 Å². The smallest absolute Gasteiger partial charge is 0.204 e. The molecule has 35 heteroatoms. The molecule has 6 aromatic carbocycles. The summed E-state index contributed by atoms with van der Waals surface area (Å²) >= 11 is 0. The Morgan fingerprint density at radius 1 is 0.178 bits per heavy atom. The van der Waals surface area contributed by atoms with Crippen LogP contribution in [0.15, 0.2) is 12.4 Å². The van der Waals surface area contributed by atoms with Crippen molar-refractivity contribution in [3.63, 3.8) is 0 Å². The normalized spacial score (nSPS) is 11.2. The van der Waals surface area contributed by atoms with Gasteiger partial charge in [-0.2, -0.15) is 15.4 Å². The quantitative estimate of drug-likeness (QED) is 0.0788. The van der Waals surface area contributed by atoms with Crippen molar-refractivity contribution in [2.45, 2.75) is 0 Å². The minimum Gasteiger partial charge on any atom is -0.204 e. The van der Waals surface area contributed by atoms with E-state index in [0.717, 1.165) is 0 Å². The van der Waals surface area contributed by atoms with Crippen molar-refractivity contribution < 1.29 is 132 Å². The molecule has 0 fully saturated rings. The lowest BCUT2D eigenvalue weighted by Gasteiger charge is -2.21. The van der Waals surface area contributed by atoms with Gasteiger partial charge < -0.3 is 0 Å². The highest BCUT2D eigenvalue weighted by atomic mass is 19.2. The molecule has 0 aliphatic rings. The number of aromatic nitrogens is 3. The lowest BCUT2D eigenvalue weighted by atomic mass is 9.36. The highest BCUT2D eigenvalue weighted by Gasteiger charge is 2.47. The fourth-order valence-electron chi connectivity index (χ4n) is 6.28. The Morgan fingerprint density at radius 2 is 0.274 bits per heavy atom. The second kappa shape index (κ2) is 20.9. The van der Waals surface area contributed by atoms with Crippen molar-refractivity contribution in [2.75, 3.05) is 0 Å². The van der Waals surface area contributed by atoms with E-state index in [-0.39, 0.29) is 0 Å². The van der Waals surface area contributed by atoms with E-state index >= 15 is 0 Å². The number of nitrogens with zero attached hydrogens (tertiary/aromatic N) is 2. The fraction of sp³-hybridized carbons (Fsp3) is 0. The highest BCUT2D eigenvalue weighted by molar-refractivity contribution is 6.96. The summed E-state index contributed by atoms with van der Waals surface area (Å²) in [6.45, 7) is -7.92. The van der Waals surface area contributed by atoms with Crippen LogP contribution in [-0.4, -0.2) is 28.8 Å². The maximum absolute atomic E-state index is 14.4. The number of benzene rings is 6. The summed E-state index contributed by atoms with van der Waals surface area (Å²) in [5, 5.41) is 9.33. The number of rotatable bonds is 6. The van der Waals surface area contributed by atoms with Crippen LogP contribution in [0.5, 0.6) is 0 Å². The monoisotopic (exact) mass is 1090 g/mol. The lowest BCUT2D eigenvalue weighted by Crippen LogP contribution is -2.60. The molecular formula is C38H3B2F30N3. The second-order valence-electron chi connectivity index (χ2n) is 13.4. The Labute approximate surface area is 380 Å². The predicted molar refractivity (Wildman–Crippen MR) is 183 cm³/mol. The largest absolute Gasteiger partial charge is 0.265 e. The third-order valence-corrected chi connectivity index (χ3v) is 9.53. The van der Waals surface area contributed by atoms with E-state index in [1.54, 1.807) is 12.4 Å². The zero-order chi connectivity index (χ0) is 55.5. The first-order chi connectivity index (χ1) is 33.8. The minimum absolute atomic E-state index is 1.58. The molecule has 7 rings (SSSR count). The van der Waals surface area contributed by atoms with Gasteiger partial charge in [-0.3, -0.25) is 0 Å². The molecule has 1 heterocycles. The SMILES string of the molecule is Fc1c(F)c(F)c(B(c2c(F)c(F)c(F)c(F)c2F)c2c(F)c(F)c(F)c(F)c2F)c(F)c1F.Fc1c(F)c(F)c(B(c2c(F)c(F)c(F)c(F)c2F)c2c(F)c(F)c(F)c(F)c2F)c(F)c1F.c1cn[nH]n1. The van der Waals surface area contributed by atoms with Crippen LogP contribution in [0.1, 0.15) is 0 Å². The topological polar surface area (TPSA) is 41.6 Å². The zero-order valence-corrected chi connectivity index (χ0v) is 33.0. The molecule has 0 aliphatic carbocycles. The van der Waals surface area contributed by atoms with Crippen LogP contribution in [0.3, 0.4) is 0 Å². The van der Waals surface area contributed by atoms with Crippen molar-refractivity contribution in [3.8, 4) is 0 Å². The molecule has 0 atom stereocenters. The van der Waals surface area contributed by atoms with Crippen LogP contribution in [0.4, 0.5) is 132 Å². The molecule has 0 unspecified atom stereocenters. The molecule has 0 bridgehead atoms. The Morgan fingerprint density at radius 3 is 0.356 bits per heavy atom. The van der Waals surface area contributed by atoms with E-state index in [4.69, 9.17) is 0 Å². The first-order valence-corrected chi connectivity index (χ1v) is 17.7. The Balaban J connectivity index is 0.000000246. The third-order valence-electron chi connectivity index (χ3n) is 9.53. The summed E-state index contributed by atoms with van der Waals surface area (Å²) in [6.07, 6.45) is 3.17. The molecule has 7 aromatic rings. The Hall–Kier alpha value is -7.51. The third kappa shape index (κ3) is 9.20. The van der Waals surface area contributed by atoms with Crippen LogP contribution in [0.25, 0.3) is 0 Å². The number of hydrogen-bond acceptors (Lipinski definition) is 2. The van der Waals surface area contributed by atoms with E-state index in [1.807, 2.05) is 0 Å². The fourth-order valence-corrected chi connectivity index (χ4v) is 6.28. The molecule has 0 radical (unpaired) electrons. The van der Waals surface area contributed by atoms with Gasteiger partial charge in [0.25, 0.3) is 13.4 Å². The second-order valence-corrected chi connectivity index (χ2v) is 13.4. The van der Waals surface area contributed by atoms with Crippen molar-refractivity contribution in [3.05, 3.63) is 187 Å². The molecule has 1 N–H and O–H groups in total. The summed E-state index contributed by atoms with van der Waals surface area (Å²) < 4.78 is 417. The molecule has 0 aliphatic heterocycles. The van der Waals surface area contributed by atoms with Gasteiger partial charge >= 0.3 is 0 Å². The predicted octanol–water partition coefficient (Wildman–Crippen LogP) is 8.38. The maximum atomic E-state index is 14.4. The summed E-state index contributed by atoms with van der Waals surface area (Å²) in [5.74, 6) is -90.4. The molecule has 0 spiro atoms. The van der Waals surface area contributed by atoms with E-state index in [2.05, 4.69) is 15.4 Å². The standard InChI is InChI=1S/2C18BF15.C2H3N3/c2*20-4-1(5(21)11(27)16(32)10(4)26)19(2-6(22)12(28)17(33)13(29)7(2)23)3-8(24)14(30)18(34)15(31)9(3)25;1-2-4-5-3-1/h;;1-2H,(H,3,4,5). The molecule has 0 saturated carbocycles. The highest BCUT2D eigenvalue weighted by Crippen LogP contribution is 2.26. The lowest BCUT2D eigenvalue weighted by molar-refractivity contribution is 0.380. The first-order valence-electron chi connectivity index (χ1n) is 17.7. The van der Waals surface area contributed by atoms with E-state index in [0.29, 0.717) is 0 Å². The van der Waals surface area contributed by atoms with Crippen molar-refractivity contribution in [1.29, 1.82) is 0 Å². The summed E-state index contributed by atoms with van der Waals surface area (Å²) in [5.41, 5.74) is -16.1. The number of hydrogen-bond donors (Lipinski definition) is 1. The van der Waals surface area contributed by atoms with Gasteiger partial charge in [-0.1, -0.05) is 0 Å². The van der Waals surface area contributed by atoms with Gasteiger partial charge in [-0.25, -0.2) is 132 Å². The van der Waals surface area contributed by atoms with Crippen LogP contribution in [0.2, 0.25) is 0 Å². The van der Waals surface area contributed by atoms with Gasteiger partial charge in [0.05, 0.1) is 12.4 Å². The van der Waals surface area contributed by atoms with Crippen LogP contribution >= 0.6 is 0 Å². The van der Waals surface area contributed by atoms with Crippen LogP contribution in [-0.2, 0) is 0 Å². The summed E-state index contributed by atoms with van der Waals surface area (Å²) in [6, 6.07) is 0. The van der Waals surface area contributed by atoms with E-state index in [9.17, 15) is 132 Å². The van der Waals surface area contributed by atoms with Crippen molar-refractivity contribution in [1.82, 2.24) is 15.4 Å². The van der Waals surface area contributed by atoms with Crippen molar-refractivity contribution >= 4 is 46.2 Å². The first kappa shape index (κ1) is 56.4. The molecule has 3 nitrogen and oxygen atoms in total. The van der Waals surface area contributed by atoms with E-state index < -0.39 is 221 Å². The molecular weight excluding hydrogens is 1090 g/mol. The summed E-state index contributed by atoms with van der Waals surface area (Å²) in [4.78, 5) is 0. The molecule has 0 saturated heterocycles. The van der Waals surface area contributed by atoms with Crippen LogP contribution in [0, 0.1) is 175 Å². The van der Waals surface area contributed by atoms with Gasteiger partial charge in [-0.05, 0) is 0 Å². The number of nitrogens with one attached hydrogen (secondary N) is 1. The Bertz CT molecular complexity index is 2660. The molecule has 386 valence electrons. The number of aromatic amines is 1. The number of halogens is 30. The minimum atomic E-state index is -3.96. The van der Waals surface area contributed by atoms with Gasteiger partial charge in [0.15, 0.2) is 175 Å². The van der Waals surface area contributed by atoms with Gasteiger partial charge in [0.2, 0.25) is 0 Å².